The standard InChI is InChI=1S/C15H23NO3/c1-11(17)7-9-16-10-8-13-5-6-14(18-3)12(2)15(13)19-4/h5-6,16H,7-10H2,1-4H3. The van der Waals surface area contributed by atoms with Crippen LogP contribution in [0.4, 0.5) is 0 Å². The summed E-state index contributed by atoms with van der Waals surface area (Å²) in [7, 11) is 3.33. The molecule has 1 N–H and O–H groups in total. The number of Topliss-reactive ketones (excluding diaryl/α,β-unsaturated/α-hetero) is 1. The Balaban J connectivity index is 2.58. The maximum atomic E-state index is 10.8. The highest BCUT2D eigenvalue weighted by Gasteiger charge is 2.10. The van der Waals surface area contributed by atoms with E-state index in [2.05, 4.69) is 5.32 Å². The summed E-state index contributed by atoms with van der Waals surface area (Å²) in [5, 5.41) is 3.26. The van der Waals surface area contributed by atoms with Gasteiger partial charge < -0.3 is 14.8 Å². The van der Waals surface area contributed by atoms with Gasteiger partial charge in [-0.3, -0.25) is 4.79 Å². The Labute approximate surface area is 115 Å². The van der Waals surface area contributed by atoms with Gasteiger partial charge in [0.1, 0.15) is 17.3 Å². The molecule has 0 radical (unpaired) electrons. The number of ether oxygens (including phenoxy) is 2. The first-order valence-electron chi connectivity index (χ1n) is 6.50. The normalized spacial score (nSPS) is 10.3. The molecule has 0 saturated heterocycles. The second-order valence-electron chi connectivity index (χ2n) is 4.54. The highest BCUT2D eigenvalue weighted by Crippen LogP contribution is 2.31. The summed E-state index contributed by atoms with van der Waals surface area (Å²) in [4.78, 5) is 10.8. The van der Waals surface area contributed by atoms with Crippen molar-refractivity contribution < 1.29 is 14.3 Å². The summed E-state index contributed by atoms with van der Waals surface area (Å²) in [5.41, 5.74) is 2.17. The topological polar surface area (TPSA) is 47.6 Å². The molecule has 19 heavy (non-hydrogen) atoms. The van der Waals surface area contributed by atoms with E-state index in [1.165, 1.54) is 0 Å². The molecule has 0 atom stereocenters. The summed E-state index contributed by atoms with van der Waals surface area (Å²) in [6.07, 6.45) is 1.45. The minimum absolute atomic E-state index is 0.213. The van der Waals surface area contributed by atoms with Crippen LogP contribution in [0.25, 0.3) is 0 Å². The smallest absolute Gasteiger partial charge is 0.131 e. The van der Waals surface area contributed by atoms with E-state index in [0.29, 0.717) is 6.42 Å². The van der Waals surface area contributed by atoms with Gasteiger partial charge in [-0.15, -0.1) is 0 Å². The summed E-state index contributed by atoms with van der Waals surface area (Å²) >= 11 is 0. The summed E-state index contributed by atoms with van der Waals surface area (Å²) in [5.74, 6) is 1.93. The molecule has 0 aliphatic rings. The third kappa shape index (κ3) is 4.56. The second kappa shape index (κ2) is 7.79. The molecule has 0 fully saturated rings. The van der Waals surface area contributed by atoms with Gasteiger partial charge in [-0.2, -0.15) is 0 Å². The van der Waals surface area contributed by atoms with Crippen LogP contribution in [0.5, 0.6) is 11.5 Å². The lowest BCUT2D eigenvalue weighted by Gasteiger charge is -2.14. The first kappa shape index (κ1) is 15.5. The zero-order valence-electron chi connectivity index (χ0n) is 12.2. The third-order valence-electron chi connectivity index (χ3n) is 3.09. The number of methoxy groups -OCH3 is 2. The Morgan fingerprint density at radius 3 is 2.53 bits per heavy atom. The lowest BCUT2D eigenvalue weighted by atomic mass is 10.1. The van der Waals surface area contributed by atoms with Crippen molar-refractivity contribution in [3.8, 4) is 11.5 Å². The molecule has 0 aliphatic heterocycles. The molecule has 4 nitrogen and oxygen atoms in total. The minimum atomic E-state index is 0.213. The predicted octanol–water partition coefficient (Wildman–Crippen LogP) is 2.12. The van der Waals surface area contributed by atoms with Crippen LogP contribution in [0.1, 0.15) is 24.5 Å². The lowest BCUT2D eigenvalue weighted by Crippen LogP contribution is -2.20. The van der Waals surface area contributed by atoms with Crippen molar-refractivity contribution in [2.24, 2.45) is 0 Å². The maximum absolute atomic E-state index is 10.8. The van der Waals surface area contributed by atoms with Crippen LogP contribution in [0.15, 0.2) is 12.1 Å². The fourth-order valence-corrected chi connectivity index (χ4v) is 2.04. The SMILES string of the molecule is COc1ccc(CCNCCC(C)=O)c(OC)c1C. The van der Waals surface area contributed by atoms with Crippen molar-refractivity contribution in [3.63, 3.8) is 0 Å². The Bertz CT molecular complexity index is 430. The van der Waals surface area contributed by atoms with Crippen molar-refractivity contribution >= 4 is 5.78 Å². The van der Waals surface area contributed by atoms with E-state index >= 15 is 0 Å². The molecule has 1 rings (SSSR count). The van der Waals surface area contributed by atoms with Crippen molar-refractivity contribution in [2.75, 3.05) is 27.3 Å². The van der Waals surface area contributed by atoms with Gasteiger partial charge >= 0.3 is 0 Å². The van der Waals surface area contributed by atoms with Crippen LogP contribution in [0.3, 0.4) is 0 Å². The summed E-state index contributed by atoms with van der Waals surface area (Å²) in [6, 6.07) is 3.99. The fourth-order valence-electron chi connectivity index (χ4n) is 2.04. The molecule has 0 heterocycles. The monoisotopic (exact) mass is 265 g/mol. The van der Waals surface area contributed by atoms with Crippen LogP contribution in [-0.2, 0) is 11.2 Å². The van der Waals surface area contributed by atoms with Crippen molar-refractivity contribution in [2.45, 2.75) is 26.7 Å². The van der Waals surface area contributed by atoms with Gasteiger partial charge in [-0.05, 0) is 38.4 Å². The van der Waals surface area contributed by atoms with Crippen molar-refractivity contribution in [1.82, 2.24) is 5.32 Å². The molecule has 0 saturated carbocycles. The largest absolute Gasteiger partial charge is 0.496 e. The number of nitrogens with one attached hydrogen (secondary N) is 1. The molecule has 0 aromatic heterocycles. The van der Waals surface area contributed by atoms with Gasteiger partial charge in [0.15, 0.2) is 0 Å². The highest BCUT2D eigenvalue weighted by molar-refractivity contribution is 5.75. The predicted molar refractivity (Wildman–Crippen MR) is 76.2 cm³/mol. The van der Waals surface area contributed by atoms with Gasteiger partial charge in [0, 0.05) is 18.5 Å². The second-order valence-corrected chi connectivity index (χ2v) is 4.54. The van der Waals surface area contributed by atoms with E-state index in [0.717, 1.165) is 42.1 Å². The number of rotatable bonds is 8. The molecule has 0 amide bonds. The molecule has 1 aromatic rings. The number of carbonyl (C=O) groups is 1. The Morgan fingerprint density at radius 2 is 1.95 bits per heavy atom. The summed E-state index contributed by atoms with van der Waals surface area (Å²) in [6.45, 7) is 5.16. The van der Waals surface area contributed by atoms with Crippen LogP contribution in [0, 0.1) is 6.92 Å². The van der Waals surface area contributed by atoms with Crippen LogP contribution < -0.4 is 14.8 Å². The van der Waals surface area contributed by atoms with Gasteiger partial charge in [0.2, 0.25) is 0 Å². The van der Waals surface area contributed by atoms with Gasteiger partial charge in [-0.25, -0.2) is 0 Å². The number of hydrogen-bond acceptors (Lipinski definition) is 4. The molecular weight excluding hydrogens is 242 g/mol. The molecule has 0 unspecified atom stereocenters. The first-order chi connectivity index (χ1) is 9.10. The molecule has 1 aromatic carbocycles. The minimum Gasteiger partial charge on any atom is -0.496 e. The van der Waals surface area contributed by atoms with Crippen LogP contribution in [0.2, 0.25) is 0 Å². The van der Waals surface area contributed by atoms with E-state index in [9.17, 15) is 4.79 Å². The van der Waals surface area contributed by atoms with E-state index in [1.807, 2.05) is 19.1 Å². The van der Waals surface area contributed by atoms with Gasteiger partial charge in [-0.1, -0.05) is 6.07 Å². The van der Waals surface area contributed by atoms with Gasteiger partial charge in [0.25, 0.3) is 0 Å². The number of benzene rings is 1. The molecule has 0 spiro atoms. The zero-order chi connectivity index (χ0) is 14.3. The number of ketones is 1. The Morgan fingerprint density at radius 1 is 1.21 bits per heavy atom. The van der Waals surface area contributed by atoms with Crippen LogP contribution >= 0.6 is 0 Å². The first-order valence-corrected chi connectivity index (χ1v) is 6.50. The average molecular weight is 265 g/mol. The molecule has 0 aliphatic carbocycles. The van der Waals surface area contributed by atoms with Gasteiger partial charge in [0.05, 0.1) is 14.2 Å². The molecule has 106 valence electrons. The number of hydrogen-bond donors (Lipinski definition) is 1. The quantitative estimate of drug-likeness (QED) is 0.731. The Hall–Kier alpha value is -1.55. The average Bonchev–Trinajstić information content (AvgIpc) is 2.38. The van der Waals surface area contributed by atoms with E-state index < -0.39 is 0 Å². The molecular formula is C15H23NO3. The number of carbonyl (C=O) groups excluding carboxylic acids is 1. The fraction of sp³-hybridized carbons (Fsp3) is 0.533. The third-order valence-corrected chi connectivity index (χ3v) is 3.09. The van der Waals surface area contributed by atoms with E-state index in [-0.39, 0.29) is 5.78 Å². The Kier molecular flexibility index (Phi) is 6.36. The van der Waals surface area contributed by atoms with Crippen molar-refractivity contribution in [1.29, 1.82) is 0 Å². The summed E-state index contributed by atoms with van der Waals surface area (Å²) < 4.78 is 10.7. The molecule has 0 bridgehead atoms. The van der Waals surface area contributed by atoms with Crippen LogP contribution in [-0.4, -0.2) is 33.1 Å². The lowest BCUT2D eigenvalue weighted by molar-refractivity contribution is -0.116. The van der Waals surface area contributed by atoms with Crippen molar-refractivity contribution in [3.05, 3.63) is 23.3 Å². The maximum Gasteiger partial charge on any atom is 0.131 e. The zero-order valence-corrected chi connectivity index (χ0v) is 12.2. The van der Waals surface area contributed by atoms with E-state index in [4.69, 9.17) is 9.47 Å². The molecule has 4 heteroatoms. The van der Waals surface area contributed by atoms with E-state index in [1.54, 1.807) is 21.1 Å². The highest BCUT2D eigenvalue weighted by atomic mass is 16.5.